The number of phenols is 1. The molecule has 0 aromatic heterocycles. The van der Waals surface area contributed by atoms with Crippen molar-refractivity contribution >= 4 is 40.7 Å². The van der Waals surface area contributed by atoms with Crippen LogP contribution in [0.5, 0.6) is 23.0 Å². The van der Waals surface area contributed by atoms with E-state index in [1.54, 1.807) is 32.0 Å². The molecule has 0 unspecified atom stereocenters. The second-order valence-corrected chi connectivity index (χ2v) is 11.2. The minimum absolute atomic E-state index is 0.0594. The smallest absolute Gasteiger partial charge is 0.343 e. The monoisotopic (exact) mass is 666 g/mol. The van der Waals surface area contributed by atoms with Crippen LogP contribution in [0.15, 0.2) is 91.0 Å². The van der Waals surface area contributed by atoms with Gasteiger partial charge in [0, 0.05) is 11.6 Å². The van der Waals surface area contributed by atoms with E-state index in [0.717, 1.165) is 42.2 Å². The van der Waals surface area contributed by atoms with Crippen LogP contribution < -0.4 is 14.2 Å². The van der Waals surface area contributed by atoms with Crippen LogP contribution in [0.25, 0.3) is 16.8 Å². The van der Waals surface area contributed by atoms with E-state index in [4.69, 9.17) is 18.9 Å². The molecule has 0 bridgehead atoms. The molecule has 4 aromatic carbocycles. The van der Waals surface area contributed by atoms with Crippen molar-refractivity contribution in [3.8, 4) is 23.0 Å². The highest BCUT2D eigenvalue weighted by Crippen LogP contribution is 2.29. The highest BCUT2D eigenvalue weighted by atomic mass is 16.5. The summed E-state index contributed by atoms with van der Waals surface area (Å²) in [5.74, 6) is -1.51. The van der Waals surface area contributed by atoms with E-state index in [9.17, 15) is 24.3 Å². The maximum atomic E-state index is 13.0. The molecule has 0 atom stereocenters. The van der Waals surface area contributed by atoms with Crippen LogP contribution >= 0.6 is 0 Å². The number of aromatic hydroxyl groups is 1. The van der Waals surface area contributed by atoms with Gasteiger partial charge in [0.1, 0.15) is 11.5 Å². The average molecular weight is 667 g/mol. The molecular formula is C39H38O10. The Kier molecular flexibility index (Phi) is 12.7. The predicted octanol–water partition coefficient (Wildman–Crippen LogP) is 7.54. The molecule has 0 spiro atoms. The lowest BCUT2D eigenvalue weighted by Gasteiger charge is -2.11. The molecule has 10 nitrogen and oxygen atoms in total. The number of carbonyl (C=O) groups is 4. The number of aryl methyl sites for hydroxylation is 1. The van der Waals surface area contributed by atoms with Crippen molar-refractivity contribution < 1.29 is 48.0 Å². The Morgan fingerprint density at radius 1 is 0.755 bits per heavy atom. The van der Waals surface area contributed by atoms with Crippen LogP contribution in [-0.4, -0.2) is 49.3 Å². The number of phenolic OH excluding ortho intramolecular Hbond substituents is 1. The Hall–Kier alpha value is -5.90. The summed E-state index contributed by atoms with van der Waals surface area (Å²) in [6, 6.07) is 19.7. The zero-order valence-electron chi connectivity index (χ0n) is 27.7. The lowest BCUT2D eigenvalue weighted by Crippen LogP contribution is -2.11. The van der Waals surface area contributed by atoms with Crippen molar-refractivity contribution in [3.05, 3.63) is 113 Å². The van der Waals surface area contributed by atoms with Crippen LogP contribution in [0.3, 0.4) is 0 Å². The molecule has 0 saturated heterocycles. The first kappa shape index (κ1) is 35.9. The van der Waals surface area contributed by atoms with Crippen molar-refractivity contribution in [2.24, 2.45) is 0 Å². The van der Waals surface area contributed by atoms with Gasteiger partial charge in [-0.25, -0.2) is 19.2 Å². The fourth-order valence-electron chi connectivity index (χ4n) is 4.64. The molecule has 0 fully saturated rings. The minimum atomic E-state index is -0.717. The van der Waals surface area contributed by atoms with E-state index in [0.29, 0.717) is 35.5 Å². The SMILES string of the molecule is C=C(C)C(=O)OCCCCCCOc1ccc2cc(C(=O)Oc3ccc(C(=O)Oc4ccc(/C=C/C(=O)OC)cc4O)cc3C)ccc2c1. The maximum absolute atomic E-state index is 13.0. The minimum Gasteiger partial charge on any atom is -0.504 e. The Morgan fingerprint density at radius 2 is 1.39 bits per heavy atom. The third-order valence-electron chi connectivity index (χ3n) is 7.35. The fourth-order valence-corrected chi connectivity index (χ4v) is 4.64. The standard InChI is InChI=1S/C39H38O10/c1-25(2)37(42)47-20-8-6-5-7-19-46-32-15-13-28-23-31(12-11-29(28)24-32)39(44)48-34-17-14-30(21-26(34)3)38(43)49-35-16-9-27(22-33(35)40)10-18-36(41)45-4/h9-18,21-24,40H,1,5-8,19-20H2,2-4H3/b18-10+. The quantitative estimate of drug-likeness (QED) is 0.0587. The van der Waals surface area contributed by atoms with Gasteiger partial charge >= 0.3 is 23.9 Å². The van der Waals surface area contributed by atoms with Crippen molar-refractivity contribution in [3.63, 3.8) is 0 Å². The summed E-state index contributed by atoms with van der Waals surface area (Å²) in [6.07, 6.45) is 6.20. The molecule has 0 amide bonds. The van der Waals surface area contributed by atoms with E-state index in [2.05, 4.69) is 11.3 Å². The third-order valence-corrected chi connectivity index (χ3v) is 7.35. The second kappa shape index (κ2) is 17.3. The molecule has 254 valence electrons. The summed E-state index contributed by atoms with van der Waals surface area (Å²) in [4.78, 5) is 48.5. The average Bonchev–Trinajstić information content (AvgIpc) is 3.09. The molecule has 0 radical (unpaired) electrons. The van der Waals surface area contributed by atoms with Gasteiger partial charge in [0.15, 0.2) is 11.5 Å². The normalized spacial score (nSPS) is 10.8. The molecule has 0 aliphatic heterocycles. The summed E-state index contributed by atoms with van der Waals surface area (Å²) in [7, 11) is 1.26. The van der Waals surface area contributed by atoms with Crippen molar-refractivity contribution in [2.75, 3.05) is 20.3 Å². The van der Waals surface area contributed by atoms with Crippen molar-refractivity contribution in [1.82, 2.24) is 0 Å². The molecule has 4 aromatic rings. The van der Waals surface area contributed by atoms with Crippen molar-refractivity contribution in [1.29, 1.82) is 0 Å². The van der Waals surface area contributed by atoms with Crippen LogP contribution in [0, 0.1) is 6.92 Å². The highest BCUT2D eigenvalue weighted by Gasteiger charge is 2.16. The van der Waals surface area contributed by atoms with E-state index in [1.165, 1.54) is 49.6 Å². The summed E-state index contributed by atoms with van der Waals surface area (Å²) in [5.41, 5.74) is 1.99. The Bertz CT molecular complexity index is 1890. The Labute approximate surface area is 284 Å². The van der Waals surface area contributed by atoms with Gasteiger partial charge in [0.05, 0.1) is 31.5 Å². The van der Waals surface area contributed by atoms with Crippen LogP contribution in [0.4, 0.5) is 0 Å². The number of ether oxygens (including phenoxy) is 5. The first-order chi connectivity index (χ1) is 23.5. The lowest BCUT2D eigenvalue weighted by atomic mass is 10.1. The van der Waals surface area contributed by atoms with E-state index < -0.39 is 17.9 Å². The van der Waals surface area contributed by atoms with Crippen LogP contribution in [-0.2, 0) is 19.1 Å². The van der Waals surface area contributed by atoms with Gasteiger partial charge in [-0.3, -0.25) is 0 Å². The molecule has 49 heavy (non-hydrogen) atoms. The first-order valence-electron chi connectivity index (χ1n) is 15.7. The van der Waals surface area contributed by atoms with Gasteiger partial charge < -0.3 is 28.8 Å². The molecular weight excluding hydrogens is 628 g/mol. The largest absolute Gasteiger partial charge is 0.504 e. The number of unbranched alkanes of at least 4 members (excludes halogenated alkanes) is 3. The maximum Gasteiger partial charge on any atom is 0.343 e. The Balaban J connectivity index is 1.28. The van der Waals surface area contributed by atoms with Gasteiger partial charge in [-0.2, -0.15) is 0 Å². The number of hydrogen-bond acceptors (Lipinski definition) is 10. The van der Waals surface area contributed by atoms with Gasteiger partial charge in [-0.05, 0) is 122 Å². The number of benzene rings is 4. The molecule has 0 aliphatic carbocycles. The molecule has 0 saturated carbocycles. The molecule has 4 rings (SSSR count). The third kappa shape index (κ3) is 10.6. The number of methoxy groups -OCH3 is 1. The second-order valence-electron chi connectivity index (χ2n) is 11.2. The summed E-state index contributed by atoms with van der Waals surface area (Å²) in [5, 5.41) is 12.0. The van der Waals surface area contributed by atoms with E-state index in [1.807, 2.05) is 24.3 Å². The Morgan fingerprint density at radius 3 is 2.08 bits per heavy atom. The molecule has 0 heterocycles. The predicted molar refractivity (Wildman–Crippen MR) is 184 cm³/mol. The highest BCUT2D eigenvalue weighted by molar-refractivity contribution is 5.97. The first-order valence-corrected chi connectivity index (χ1v) is 15.7. The number of hydrogen-bond donors (Lipinski definition) is 1. The number of fused-ring (bicyclic) bond motifs is 1. The van der Waals surface area contributed by atoms with E-state index >= 15 is 0 Å². The zero-order chi connectivity index (χ0) is 35.3. The van der Waals surface area contributed by atoms with Gasteiger partial charge in [-0.1, -0.05) is 24.8 Å². The molecule has 1 N–H and O–H groups in total. The molecule has 10 heteroatoms. The van der Waals surface area contributed by atoms with Gasteiger partial charge in [0.2, 0.25) is 0 Å². The van der Waals surface area contributed by atoms with Crippen LogP contribution in [0.2, 0.25) is 0 Å². The molecule has 0 aliphatic rings. The van der Waals surface area contributed by atoms with Crippen LogP contribution in [0.1, 0.15) is 64.4 Å². The summed E-state index contributed by atoms with van der Waals surface area (Å²) < 4.78 is 26.5. The summed E-state index contributed by atoms with van der Waals surface area (Å²) in [6.45, 7) is 7.83. The van der Waals surface area contributed by atoms with Gasteiger partial charge in [0.25, 0.3) is 0 Å². The van der Waals surface area contributed by atoms with E-state index in [-0.39, 0.29) is 28.8 Å². The fraction of sp³-hybridized carbons (Fsp3) is 0.231. The topological polar surface area (TPSA) is 135 Å². The number of carbonyl (C=O) groups excluding carboxylic acids is 4. The van der Waals surface area contributed by atoms with Gasteiger partial charge in [-0.15, -0.1) is 0 Å². The number of esters is 4. The lowest BCUT2D eigenvalue weighted by molar-refractivity contribution is -0.139. The summed E-state index contributed by atoms with van der Waals surface area (Å²) >= 11 is 0. The number of rotatable bonds is 15. The zero-order valence-corrected chi connectivity index (χ0v) is 27.7. The van der Waals surface area contributed by atoms with Crippen molar-refractivity contribution in [2.45, 2.75) is 39.5 Å².